The predicted molar refractivity (Wildman–Crippen MR) is 128 cm³/mol. The van der Waals surface area contributed by atoms with Gasteiger partial charge in [-0.25, -0.2) is 9.89 Å². The van der Waals surface area contributed by atoms with Gasteiger partial charge in [0.25, 0.3) is 0 Å². The number of hydrazone groups is 1. The first-order chi connectivity index (χ1) is 14.8. The summed E-state index contributed by atoms with van der Waals surface area (Å²) in [6.45, 7) is 8.86. The molecule has 2 N–H and O–H groups in total. The van der Waals surface area contributed by atoms with Gasteiger partial charge in [0.1, 0.15) is 11.4 Å². The summed E-state index contributed by atoms with van der Waals surface area (Å²) in [6.07, 6.45) is 10.3. The average Bonchev–Trinajstić information content (AvgIpc) is 2.70. The van der Waals surface area contributed by atoms with E-state index in [1.54, 1.807) is 12.3 Å². The fourth-order valence-electron chi connectivity index (χ4n) is 3.05. The number of ether oxygens (including phenoxy) is 1. The zero-order chi connectivity index (χ0) is 22.7. The third-order valence-corrected chi connectivity index (χ3v) is 5.10. The van der Waals surface area contributed by atoms with Gasteiger partial charge in [-0.05, 0) is 24.6 Å². The number of nitrogens with one attached hydrogen (secondary N) is 2. The van der Waals surface area contributed by atoms with E-state index in [9.17, 15) is 4.79 Å². The predicted octanol–water partition coefficient (Wildman–Crippen LogP) is 5.69. The summed E-state index contributed by atoms with van der Waals surface area (Å²) >= 11 is 6.37. The van der Waals surface area contributed by atoms with E-state index in [0.29, 0.717) is 23.1 Å². The lowest BCUT2D eigenvalue weighted by molar-refractivity contribution is 0.304. The Bertz CT molecular complexity index is 906. The molecule has 0 fully saturated rings. The molecule has 0 aliphatic carbocycles. The van der Waals surface area contributed by atoms with Crippen molar-refractivity contribution in [2.75, 3.05) is 12.0 Å². The Morgan fingerprint density at radius 3 is 2.55 bits per heavy atom. The molecule has 0 aliphatic heterocycles. The van der Waals surface area contributed by atoms with E-state index in [2.05, 4.69) is 32.6 Å². The van der Waals surface area contributed by atoms with E-state index in [1.807, 2.05) is 32.9 Å². The summed E-state index contributed by atoms with van der Waals surface area (Å²) in [5.74, 6) is 1.06. The smallest absolute Gasteiger partial charge is 0.363 e. The fourth-order valence-corrected chi connectivity index (χ4v) is 3.27. The number of hydrogen-bond acceptors (Lipinski definition) is 6. The minimum atomic E-state index is -0.536. The largest absolute Gasteiger partial charge is 0.494 e. The number of anilines is 1. The third-order valence-electron chi connectivity index (χ3n) is 4.77. The Morgan fingerprint density at radius 2 is 1.87 bits per heavy atom. The van der Waals surface area contributed by atoms with Crippen molar-refractivity contribution in [2.45, 2.75) is 78.1 Å². The molecular weight excluding hydrogens is 414 g/mol. The molecule has 0 aliphatic rings. The van der Waals surface area contributed by atoms with Gasteiger partial charge in [-0.2, -0.15) is 15.2 Å². The number of H-pyrrole nitrogens is 1. The lowest BCUT2D eigenvalue weighted by Crippen LogP contribution is -2.24. The van der Waals surface area contributed by atoms with Crippen molar-refractivity contribution in [2.24, 2.45) is 5.10 Å². The van der Waals surface area contributed by atoms with E-state index in [-0.39, 0.29) is 5.41 Å². The van der Waals surface area contributed by atoms with Crippen molar-refractivity contribution in [3.05, 3.63) is 45.0 Å². The number of aromatic amines is 1. The second-order valence-corrected chi connectivity index (χ2v) is 9.02. The monoisotopic (exact) mass is 447 g/mol. The van der Waals surface area contributed by atoms with Crippen molar-refractivity contribution in [1.29, 1.82) is 0 Å². The summed E-state index contributed by atoms with van der Waals surface area (Å²) in [6, 6.07) is 5.52. The minimum Gasteiger partial charge on any atom is -0.494 e. The van der Waals surface area contributed by atoms with Crippen LogP contribution in [-0.2, 0) is 5.41 Å². The Balaban J connectivity index is 1.87. The molecule has 8 heteroatoms. The Kier molecular flexibility index (Phi) is 9.98. The fraction of sp³-hybridized carbons (Fsp3) is 0.565. The first-order valence-corrected chi connectivity index (χ1v) is 11.4. The first-order valence-electron chi connectivity index (χ1n) is 11.0. The van der Waals surface area contributed by atoms with Crippen LogP contribution in [0.5, 0.6) is 5.75 Å². The quantitative estimate of drug-likeness (QED) is 0.247. The molecule has 0 bridgehead atoms. The zero-order valence-corrected chi connectivity index (χ0v) is 19.8. The molecule has 2 aromatic rings. The molecule has 1 aromatic heterocycles. The Labute approximate surface area is 189 Å². The van der Waals surface area contributed by atoms with Crippen LogP contribution in [0.2, 0.25) is 5.02 Å². The SMILES string of the molecule is CCCCCCCCCOc1ccc(/C=N/Nc2nc(=O)[nH]nc2C(C)(C)C)c(Cl)c1. The standard InChI is InChI=1S/C23H34ClN5O2/c1-5-6-7-8-9-10-11-14-31-18-13-12-17(19(24)15-18)16-25-28-21-20(23(2,3)4)27-29-22(30)26-21/h12-13,15-16H,5-11,14H2,1-4H3,(H2,26,28,29,30)/b25-16+. The molecule has 0 saturated heterocycles. The average molecular weight is 448 g/mol. The van der Waals surface area contributed by atoms with Crippen LogP contribution in [0.3, 0.4) is 0 Å². The molecule has 0 radical (unpaired) electrons. The van der Waals surface area contributed by atoms with Gasteiger partial charge in [-0.15, -0.1) is 0 Å². The molecule has 1 aromatic carbocycles. The van der Waals surface area contributed by atoms with Crippen molar-refractivity contribution in [3.63, 3.8) is 0 Å². The van der Waals surface area contributed by atoms with Gasteiger partial charge >= 0.3 is 5.69 Å². The van der Waals surface area contributed by atoms with Gasteiger partial charge in [-0.3, -0.25) is 5.43 Å². The number of unbranched alkanes of at least 4 members (excludes halogenated alkanes) is 6. The summed E-state index contributed by atoms with van der Waals surface area (Å²) in [5, 5.41) is 11.2. The molecule has 1 heterocycles. The number of benzene rings is 1. The van der Waals surface area contributed by atoms with Crippen LogP contribution >= 0.6 is 11.6 Å². The number of nitrogens with zero attached hydrogens (tertiary/aromatic N) is 3. The molecule has 7 nitrogen and oxygen atoms in total. The van der Waals surface area contributed by atoms with E-state index in [1.165, 1.54) is 38.5 Å². The number of aromatic nitrogens is 3. The second kappa shape index (κ2) is 12.4. The molecular formula is C23H34ClN5O2. The number of hydrogen-bond donors (Lipinski definition) is 2. The van der Waals surface area contributed by atoms with E-state index < -0.39 is 5.69 Å². The maximum atomic E-state index is 11.5. The number of halogens is 1. The van der Waals surface area contributed by atoms with Crippen LogP contribution in [0.1, 0.15) is 83.9 Å². The van der Waals surface area contributed by atoms with Crippen LogP contribution in [0, 0.1) is 0 Å². The molecule has 170 valence electrons. The maximum absolute atomic E-state index is 11.5. The van der Waals surface area contributed by atoms with E-state index in [4.69, 9.17) is 16.3 Å². The molecule has 2 rings (SSSR count). The van der Waals surface area contributed by atoms with Crippen molar-refractivity contribution >= 4 is 23.6 Å². The van der Waals surface area contributed by atoms with Gasteiger partial charge in [0.05, 0.1) is 17.8 Å². The van der Waals surface area contributed by atoms with Crippen LogP contribution in [-0.4, -0.2) is 28.0 Å². The highest BCUT2D eigenvalue weighted by Gasteiger charge is 2.21. The van der Waals surface area contributed by atoms with E-state index >= 15 is 0 Å². The van der Waals surface area contributed by atoms with Crippen LogP contribution in [0.25, 0.3) is 0 Å². The highest BCUT2D eigenvalue weighted by Crippen LogP contribution is 2.25. The molecule has 0 amide bonds. The summed E-state index contributed by atoms with van der Waals surface area (Å²) in [4.78, 5) is 15.4. The maximum Gasteiger partial charge on any atom is 0.363 e. The Morgan fingerprint density at radius 1 is 1.16 bits per heavy atom. The van der Waals surface area contributed by atoms with E-state index in [0.717, 1.165) is 17.7 Å². The second-order valence-electron chi connectivity index (χ2n) is 8.61. The molecule has 0 saturated carbocycles. The third kappa shape index (κ3) is 8.69. The van der Waals surface area contributed by atoms with Gasteiger partial charge in [-0.1, -0.05) is 77.8 Å². The topological polar surface area (TPSA) is 92.3 Å². The number of rotatable bonds is 12. The van der Waals surface area contributed by atoms with Gasteiger partial charge in [0.2, 0.25) is 0 Å². The van der Waals surface area contributed by atoms with Gasteiger partial charge < -0.3 is 4.74 Å². The highest BCUT2D eigenvalue weighted by atomic mass is 35.5. The molecule has 31 heavy (non-hydrogen) atoms. The summed E-state index contributed by atoms with van der Waals surface area (Å²) < 4.78 is 5.81. The van der Waals surface area contributed by atoms with Crippen LogP contribution in [0.15, 0.2) is 28.1 Å². The Hall–Kier alpha value is -2.41. The highest BCUT2D eigenvalue weighted by molar-refractivity contribution is 6.33. The first kappa shape index (κ1) is 24.9. The zero-order valence-electron chi connectivity index (χ0n) is 19.0. The lowest BCUT2D eigenvalue weighted by atomic mass is 9.92. The van der Waals surface area contributed by atoms with Crippen molar-refractivity contribution in [1.82, 2.24) is 15.2 Å². The minimum absolute atomic E-state index is 0.304. The van der Waals surface area contributed by atoms with Crippen LogP contribution in [0.4, 0.5) is 5.82 Å². The summed E-state index contributed by atoms with van der Waals surface area (Å²) in [5.41, 5.74) is 3.31. The van der Waals surface area contributed by atoms with Gasteiger partial charge in [0, 0.05) is 11.0 Å². The summed E-state index contributed by atoms with van der Waals surface area (Å²) in [7, 11) is 0. The molecule has 0 spiro atoms. The normalized spacial score (nSPS) is 11.8. The van der Waals surface area contributed by atoms with Crippen molar-refractivity contribution in [3.8, 4) is 5.75 Å². The van der Waals surface area contributed by atoms with Crippen molar-refractivity contribution < 1.29 is 4.74 Å². The lowest BCUT2D eigenvalue weighted by Gasteiger charge is -2.18. The van der Waals surface area contributed by atoms with Gasteiger partial charge in [0.15, 0.2) is 5.82 Å². The van der Waals surface area contributed by atoms with Crippen LogP contribution < -0.4 is 15.9 Å². The molecule has 0 unspecified atom stereocenters. The molecule has 0 atom stereocenters.